The molecule has 5 nitrogen and oxygen atoms in total. The maximum absolute atomic E-state index is 11.9. The molecule has 0 amide bonds. The van der Waals surface area contributed by atoms with Crippen molar-refractivity contribution in [2.24, 2.45) is 0 Å². The van der Waals surface area contributed by atoms with Crippen molar-refractivity contribution in [2.45, 2.75) is 38.7 Å². The van der Waals surface area contributed by atoms with Gasteiger partial charge >= 0.3 is 0 Å². The number of aryl methyl sites for hydroxylation is 2. The van der Waals surface area contributed by atoms with Crippen LogP contribution < -0.4 is 0 Å². The zero-order valence-corrected chi connectivity index (χ0v) is 15.0. The Morgan fingerprint density at radius 1 is 1.25 bits per heavy atom. The highest BCUT2D eigenvalue weighted by Gasteiger charge is 2.16. The number of rotatable bonds is 5. The molecule has 0 aliphatic heterocycles. The smallest absolute Gasteiger partial charge is 0.277 e. The monoisotopic (exact) mass is 341 g/mol. The summed E-state index contributed by atoms with van der Waals surface area (Å²) in [5.74, 6) is 1.26. The normalized spacial score (nSPS) is 11.0. The highest BCUT2D eigenvalue weighted by molar-refractivity contribution is 7.98. The molecule has 1 aromatic carbocycles. The first-order chi connectivity index (χ1) is 11.5. The molecule has 6 heteroatoms. The van der Waals surface area contributed by atoms with Gasteiger partial charge in [-0.05, 0) is 62.1 Å². The van der Waals surface area contributed by atoms with E-state index >= 15 is 0 Å². The van der Waals surface area contributed by atoms with Crippen molar-refractivity contribution < 1.29 is 9.21 Å². The fourth-order valence-electron chi connectivity index (χ4n) is 2.96. The average molecular weight is 341 g/mol. The van der Waals surface area contributed by atoms with E-state index in [2.05, 4.69) is 28.2 Å². The van der Waals surface area contributed by atoms with E-state index in [9.17, 15) is 4.79 Å². The van der Waals surface area contributed by atoms with Gasteiger partial charge in [0.2, 0.25) is 0 Å². The Morgan fingerprint density at radius 2 is 2.04 bits per heavy atom. The van der Waals surface area contributed by atoms with Gasteiger partial charge in [-0.2, -0.15) is 0 Å². The van der Waals surface area contributed by atoms with Gasteiger partial charge in [-0.25, -0.2) is 0 Å². The predicted octanol–water partition coefficient (Wildman–Crippen LogP) is 4.48. The fraction of sp³-hybridized carbons (Fsp3) is 0.278. The lowest BCUT2D eigenvalue weighted by Gasteiger charge is -2.15. The molecular formula is C18H19N3O2S. The maximum Gasteiger partial charge on any atom is 0.277 e. The summed E-state index contributed by atoms with van der Waals surface area (Å²) >= 11 is 1.48. The lowest BCUT2D eigenvalue weighted by molar-refractivity contribution is 0.101. The summed E-state index contributed by atoms with van der Waals surface area (Å²) < 4.78 is 5.67. The van der Waals surface area contributed by atoms with Crippen LogP contribution in [0, 0.1) is 20.8 Å². The molecule has 3 rings (SSSR count). The summed E-state index contributed by atoms with van der Waals surface area (Å²) in [6.07, 6.45) is 1.81. The predicted molar refractivity (Wildman–Crippen MR) is 94.3 cm³/mol. The largest absolute Gasteiger partial charge is 0.410 e. The number of thioether (sulfide) groups is 1. The van der Waals surface area contributed by atoms with Crippen molar-refractivity contribution in [3.63, 3.8) is 0 Å². The van der Waals surface area contributed by atoms with Gasteiger partial charge in [-0.15, -0.1) is 10.2 Å². The van der Waals surface area contributed by atoms with E-state index in [-0.39, 0.29) is 5.78 Å². The number of H-pyrrole nitrogens is 1. The molecule has 1 N–H and O–H groups in total. The van der Waals surface area contributed by atoms with Gasteiger partial charge in [-0.1, -0.05) is 17.8 Å². The number of carbonyl (C=O) groups is 1. The Morgan fingerprint density at radius 3 is 2.71 bits per heavy atom. The van der Waals surface area contributed by atoms with Crippen LogP contribution in [0.2, 0.25) is 0 Å². The molecule has 0 saturated carbocycles. The number of hydrogen-bond donors (Lipinski definition) is 1. The minimum absolute atomic E-state index is 0.100. The molecule has 0 fully saturated rings. The van der Waals surface area contributed by atoms with Crippen LogP contribution in [0.3, 0.4) is 0 Å². The van der Waals surface area contributed by atoms with Crippen LogP contribution in [0.4, 0.5) is 0 Å². The number of Topliss-reactive ketones (excluding diaryl/α,β-unsaturated/α-hetero) is 1. The van der Waals surface area contributed by atoms with Crippen molar-refractivity contribution in [1.82, 2.24) is 15.2 Å². The van der Waals surface area contributed by atoms with Gasteiger partial charge < -0.3 is 9.40 Å². The average Bonchev–Trinajstić information content (AvgIpc) is 3.17. The molecule has 2 aromatic heterocycles. The Hall–Kier alpha value is -2.34. The van der Waals surface area contributed by atoms with E-state index in [0.29, 0.717) is 16.9 Å². The van der Waals surface area contributed by atoms with Gasteiger partial charge in [0.15, 0.2) is 5.78 Å². The van der Waals surface area contributed by atoms with Crippen molar-refractivity contribution in [3.05, 3.63) is 52.2 Å². The van der Waals surface area contributed by atoms with Gasteiger partial charge in [0.1, 0.15) is 5.69 Å². The molecule has 0 bridgehead atoms. The fourth-order valence-corrected chi connectivity index (χ4v) is 3.91. The van der Waals surface area contributed by atoms with E-state index < -0.39 is 0 Å². The summed E-state index contributed by atoms with van der Waals surface area (Å²) in [5.41, 5.74) is 6.00. The number of carbonyl (C=O) groups excluding carboxylic acids is 1. The number of ketones is 1. The molecule has 0 unspecified atom stereocenters. The van der Waals surface area contributed by atoms with Crippen LogP contribution in [-0.2, 0) is 5.75 Å². The Bertz CT molecular complexity index is 882. The lowest BCUT2D eigenvalue weighted by atomic mass is 9.92. The van der Waals surface area contributed by atoms with E-state index in [4.69, 9.17) is 4.42 Å². The molecule has 0 atom stereocenters. The molecule has 24 heavy (non-hydrogen) atoms. The van der Waals surface area contributed by atoms with Crippen LogP contribution in [0.15, 0.2) is 34.0 Å². The highest BCUT2D eigenvalue weighted by Crippen LogP contribution is 2.30. The lowest BCUT2D eigenvalue weighted by Crippen LogP contribution is -2.05. The number of aromatic amines is 1. The van der Waals surface area contributed by atoms with E-state index in [0.717, 1.165) is 27.9 Å². The number of hydrogen-bond acceptors (Lipinski definition) is 5. The molecule has 2 heterocycles. The first-order valence-corrected chi connectivity index (χ1v) is 8.66. The number of nitrogens with zero attached hydrogens (tertiary/aromatic N) is 2. The van der Waals surface area contributed by atoms with Crippen LogP contribution >= 0.6 is 11.8 Å². The first kappa shape index (κ1) is 16.5. The van der Waals surface area contributed by atoms with E-state index in [1.165, 1.54) is 17.3 Å². The topological polar surface area (TPSA) is 71.8 Å². The zero-order valence-electron chi connectivity index (χ0n) is 14.1. The second-order valence-electron chi connectivity index (χ2n) is 5.79. The van der Waals surface area contributed by atoms with Crippen LogP contribution in [0.1, 0.15) is 39.5 Å². The Balaban J connectivity index is 1.82. The second-order valence-corrected chi connectivity index (χ2v) is 6.72. The van der Waals surface area contributed by atoms with Crippen molar-refractivity contribution >= 4 is 17.5 Å². The van der Waals surface area contributed by atoms with Gasteiger partial charge in [-0.3, -0.25) is 4.79 Å². The molecular weight excluding hydrogens is 322 g/mol. The third-order valence-corrected chi connectivity index (χ3v) is 4.90. The molecule has 3 aromatic rings. The molecule has 0 aliphatic rings. The summed E-state index contributed by atoms with van der Waals surface area (Å²) in [6.45, 7) is 7.67. The number of benzene rings is 1. The molecule has 0 spiro atoms. The third-order valence-electron chi connectivity index (χ3n) is 4.06. The van der Waals surface area contributed by atoms with E-state index in [1.807, 2.05) is 32.2 Å². The van der Waals surface area contributed by atoms with Crippen LogP contribution in [0.5, 0.6) is 0 Å². The summed E-state index contributed by atoms with van der Waals surface area (Å²) in [5, 5.41) is 8.65. The number of nitrogens with one attached hydrogen (secondary N) is 1. The zero-order chi connectivity index (χ0) is 17.3. The minimum atomic E-state index is 0.100. The standard InChI is InChI=1S/C18H19N3O2S/c1-10-8-11(2)16(13(4)22)12(3)14(10)9-24-18-21-20-17(23-18)15-6-5-7-19-15/h5-8,19H,9H2,1-4H3. The summed E-state index contributed by atoms with van der Waals surface area (Å²) in [7, 11) is 0. The quantitative estimate of drug-likeness (QED) is 0.547. The van der Waals surface area contributed by atoms with Gasteiger partial charge in [0.05, 0.1) is 0 Å². The number of aromatic nitrogens is 3. The summed E-state index contributed by atoms with van der Waals surface area (Å²) in [4.78, 5) is 15.0. The first-order valence-electron chi connectivity index (χ1n) is 7.68. The molecule has 0 radical (unpaired) electrons. The second kappa shape index (κ2) is 6.65. The third kappa shape index (κ3) is 3.14. The van der Waals surface area contributed by atoms with Crippen molar-refractivity contribution in [2.75, 3.05) is 0 Å². The SMILES string of the molecule is CC(=O)c1c(C)cc(C)c(CSc2nnc(-c3ccc[nH]3)o2)c1C. The Kier molecular flexibility index (Phi) is 4.57. The van der Waals surface area contributed by atoms with E-state index in [1.54, 1.807) is 6.92 Å². The molecule has 124 valence electrons. The molecule has 0 aliphatic carbocycles. The van der Waals surface area contributed by atoms with Crippen LogP contribution in [-0.4, -0.2) is 21.0 Å². The van der Waals surface area contributed by atoms with Crippen LogP contribution in [0.25, 0.3) is 11.6 Å². The van der Waals surface area contributed by atoms with Crippen molar-refractivity contribution in [3.8, 4) is 11.6 Å². The maximum atomic E-state index is 11.9. The Labute approximate surface area is 144 Å². The van der Waals surface area contributed by atoms with Crippen molar-refractivity contribution in [1.29, 1.82) is 0 Å². The van der Waals surface area contributed by atoms with Gasteiger partial charge in [0, 0.05) is 17.5 Å². The molecule has 0 saturated heterocycles. The summed E-state index contributed by atoms with van der Waals surface area (Å²) in [6, 6.07) is 5.84. The highest BCUT2D eigenvalue weighted by atomic mass is 32.2. The minimum Gasteiger partial charge on any atom is -0.410 e. The van der Waals surface area contributed by atoms with Gasteiger partial charge in [0.25, 0.3) is 11.1 Å².